The molecule has 3 aromatic rings. The van der Waals surface area contributed by atoms with Gasteiger partial charge in [0, 0.05) is 17.4 Å². The first kappa shape index (κ1) is 15.9. The first-order chi connectivity index (χ1) is 11.7. The van der Waals surface area contributed by atoms with Gasteiger partial charge >= 0.3 is 0 Å². The summed E-state index contributed by atoms with van der Waals surface area (Å²) < 4.78 is 0. The first-order valence-electron chi connectivity index (χ1n) is 7.39. The molecule has 0 spiro atoms. The standard InChI is InChI=1S/C18H16N4OS/c19-17(23)15(11-13-7-3-1-4-8-13)21-22-18-20-16(12-24-18)14-9-5-2-6-10-14/h1-10,12H,11H2,(H2,19,23)(H,20,22)/b21-15-. The van der Waals surface area contributed by atoms with E-state index in [1.807, 2.05) is 66.0 Å². The van der Waals surface area contributed by atoms with E-state index in [1.54, 1.807) is 0 Å². The van der Waals surface area contributed by atoms with Gasteiger partial charge in [0.25, 0.3) is 5.91 Å². The number of amides is 1. The average Bonchev–Trinajstić information content (AvgIpc) is 3.09. The number of hydrogen-bond donors (Lipinski definition) is 2. The molecule has 1 amide bonds. The number of nitrogens with zero attached hydrogens (tertiary/aromatic N) is 2. The van der Waals surface area contributed by atoms with E-state index in [0.29, 0.717) is 11.6 Å². The van der Waals surface area contributed by atoms with E-state index in [9.17, 15) is 4.79 Å². The summed E-state index contributed by atoms with van der Waals surface area (Å²) in [6, 6.07) is 19.5. The molecule has 0 bridgehead atoms. The number of hydrazone groups is 1. The van der Waals surface area contributed by atoms with E-state index in [0.717, 1.165) is 16.8 Å². The number of carbonyl (C=O) groups excluding carboxylic acids is 1. The van der Waals surface area contributed by atoms with E-state index in [4.69, 9.17) is 5.73 Å². The molecule has 3 rings (SSSR count). The van der Waals surface area contributed by atoms with Crippen molar-refractivity contribution in [3.05, 3.63) is 71.6 Å². The van der Waals surface area contributed by atoms with Gasteiger partial charge in [-0.25, -0.2) is 4.98 Å². The van der Waals surface area contributed by atoms with E-state index in [1.165, 1.54) is 11.3 Å². The summed E-state index contributed by atoms with van der Waals surface area (Å²) in [5.74, 6) is -0.550. The van der Waals surface area contributed by atoms with Crippen LogP contribution in [0, 0.1) is 0 Å². The lowest BCUT2D eigenvalue weighted by Crippen LogP contribution is -2.26. The number of anilines is 1. The van der Waals surface area contributed by atoms with Crippen molar-refractivity contribution in [2.75, 3.05) is 5.43 Å². The number of nitrogens with two attached hydrogens (primary N) is 1. The van der Waals surface area contributed by atoms with Gasteiger partial charge in [-0.1, -0.05) is 60.7 Å². The van der Waals surface area contributed by atoms with Gasteiger partial charge < -0.3 is 5.73 Å². The van der Waals surface area contributed by atoms with E-state index >= 15 is 0 Å². The minimum Gasteiger partial charge on any atom is -0.364 e. The quantitative estimate of drug-likeness (QED) is 0.535. The zero-order valence-electron chi connectivity index (χ0n) is 12.8. The second-order valence-electron chi connectivity index (χ2n) is 5.10. The van der Waals surface area contributed by atoms with Crippen molar-refractivity contribution in [2.45, 2.75) is 6.42 Å². The van der Waals surface area contributed by atoms with Gasteiger partial charge in [-0.15, -0.1) is 11.3 Å². The third-order valence-corrected chi connectivity index (χ3v) is 4.11. The number of aromatic nitrogens is 1. The Morgan fingerprint density at radius 2 is 1.75 bits per heavy atom. The highest BCUT2D eigenvalue weighted by Crippen LogP contribution is 2.24. The predicted octanol–water partition coefficient (Wildman–Crippen LogP) is 3.31. The molecule has 0 aliphatic rings. The third-order valence-electron chi connectivity index (χ3n) is 3.36. The Labute approximate surface area is 143 Å². The van der Waals surface area contributed by atoms with Crippen LogP contribution in [0.4, 0.5) is 5.13 Å². The summed E-state index contributed by atoms with van der Waals surface area (Å²) in [6.07, 6.45) is 0.375. The summed E-state index contributed by atoms with van der Waals surface area (Å²) in [7, 11) is 0. The summed E-state index contributed by atoms with van der Waals surface area (Å²) >= 11 is 1.42. The van der Waals surface area contributed by atoms with Crippen LogP contribution in [-0.2, 0) is 11.2 Å². The Bertz CT molecular complexity index is 844. The summed E-state index contributed by atoms with van der Waals surface area (Å²) in [6.45, 7) is 0. The number of carbonyl (C=O) groups is 1. The van der Waals surface area contributed by atoms with Crippen LogP contribution in [0.5, 0.6) is 0 Å². The first-order valence-corrected chi connectivity index (χ1v) is 8.27. The highest BCUT2D eigenvalue weighted by Gasteiger charge is 2.09. The van der Waals surface area contributed by atoms with E-state index in [2.05, 4.69) is 15.5 Å². The maximum absolute atomic E-state index is 11.6. The van der Waals surface area contributed by atoms with Gasteiger partial charge in [-0.2, -0.15) is 5.10 Å². The predicted molar refractivity (Wildman–Crippen MR) is 97.9 cm³/mol. The van der Waals surface area contributed by atoms with Gasteiger partial charge in [-0.3, -0.25) is 10.2 Å². The van der Waals surface area contributed by atoms with E-state index < -0.39 is 5.91 Å². The lowest BCUT2D eigenvalue weighted by molar-refractivity contribution is -0.112. The SMILES string of the molecule is NC(=O)/C(Cc1ccccc1)=N\Nc1nc(-c2ccccc2)cs1. The molecule has 120 valence electrons. The highest BCUT2D eigenvalue weighted by atomic mass is 32.1. The highest BCUT2D eigenvalue weighted by molar-refractivity contribution is 7.14. The molecule has 0 atom stereocenters. The average molecular weight is 336 g/mol. The van der Waals surface area contributed by atoms with Crippen molar-refractivity contribution in [2.24, 2.45) is 10.8 Å². The van der Waals surface area contributed by atoms with Crippen LogP contribution in [0.2, 0.25) is 0 Å². The van der Waals surface area contributed by atoms with Crippen LogP contribution < -0.4 is 11.2 Å². The minimum absolute atomic E-state index is 0.262. The Kier molecular flexibility index (Phi) is 4.98. The lowest BCUT2D eigenvalue weighted by atomic mass is 10.1. The maximum Gasteiger partial charge on any atom is 0.265 e. The number of thiazole rings is 1. The van der Waals surface area contributed by atoms with E-state index in [-0.39, 0.29) is 5.71 Å². The Balaban J connectivity index is 1.73. The molecule has 0 saturated heterocycles. The fraction of sp³-hybridized carbons (Fsp3) is 0.0556. The Morgan fingerprint density at radius 3 is 2.42 bits per heavy atom. The van der Waals surface area contributed by atoms with Gasteiger partial charge in [0.15, 0.2) is 0 Å². The normalized spacial score (nSPS) is 11.2. The van der Waals surface area contributed by atoms with Crippen molar-refractivity contribution in [3.8, 4) is 11.3 Å². The zero-order valence-corrected chi connectivity index (χ0v) is 13.7. The smallest absolute Gasteiger partial charge is 0.265 e. The molecule has 0 aliphatic heterocycles. The summed E-state index contributed by atoms with van der Waals surface area (Å²) in [4.78, 5) is 16.1. The molecule has 24 heavy (non-hydrogen) atoms. The van der Waals surface area contributed by atoms with Gasteiger partial charge in [0.2, 0.25) is 5.13 Å². The Hall–Kier alpha value is -2.99. The third kappa shape index (κ3) is 4.05. The number of nitrogens with one attached hydrogen (secondary N) is 1. The summed E-state index contributed by atoms with van der Waals surface area (Å²) in [5, 5.41) is 6.69. The fourth-order valence-corrected chi connectivity index (χ4v) is 2.81. The van der Waals surface area contributed by atoms with Gasteiger partial charge in [0.1, 0.15) is 5.71 Å². The number of benzene rings is 2. The van der Waals surface area contributed by atoms with Crippen molar-refractivity contribution in [1.29, 1.82) is 0 Å². The Morgan fingerprint density at radius 1 is 1.08 bits per heavy atom. The topological polar surface area (TPSA) is 80.4 Å². The molecule has 0 aliphatic carbocycles. The molecular formula is C18H16N4OS. The molecule has 5 nitrogen and oxygen atoms in total. The molecule has 2 aromatic carbocycles. The molecule has 0 fully saturated rings. The van der Waals surface area contributed by atoms with Gasteiger partial charge in [0.05, 0.1) is 5.69 Å². The van der Waals surface area contributed by atoms with Crippen LogP contribution >= 0.6 is 11.3 Å². The van der Waals surface area contributed by atoms with Crippen LogP contribution in [0.1, 0.15) is 5.56 Å². The van der Waals surface area contributed by atoms with Gasteiger partial charge in [-0.05, 0) is 5.56 Å². The molecule has 6 heteroatoms. The van der Waals surface area contributed by atoms with Crippen LogP contribution in [0.15, 0.2) is 71.1 Å². The van der Waals surface area contributed by atoms with Crippen LogP contribution in [0.25, 0.3) is 11.3 Å². The summed E-state index contributed by atoms with van der Waals surface area (Å²) in [5.41, 5.74) is 11.4. The zero-order chi connectivity index (χ0) is 16.8. The van der Waals surface area contributed by atoms with Crippen molar-refractivity contribution in [3.63, 3.8) is 0 Å². The molecule has 0 unspecified atom stereocenters. The second kappa shape index (κ2) is 7.52. The second-order valence-corrected chi connectivity index (χ2v) is 5.96. The van der Waals surface area contributed by atoms with Crippen molar-refractivity contribution in [1.82, 2.24) is 4.98 Å². The number of primary amides is 1. The van der Waals surface area contributed by atoms with Crippen LogP contribution in [-0.4, -0.2) is 16.6 Å². The van der Waals surface area contributed by atoms with Crippen LogP contribution in [0.3, 0.4) is 0 Å². The molecule has 0 radical (unpaired) electrons. The molecular weight excluding hydrogens is 320 g/mol. The number of rotatable bonds is 6. The molecule has 3 N–H and O–H groups in total. The lowest BCUT2D eigenvalue weighted by Gasteiger charge is -2.03. The monoisotopic (exact) mass is 336 g/mol. The molecule has 1 aromatic heterocycles. The minimum atomic E-state index is -0.550. The number of hydrogen-bond acceptors (Lipinski definition) is 5. The van der Waals surface area contributed by atoms with Crippen molar-refractivity contribution >= 4 is 28.1 Å². The van der Waals surface area contributed by atoms with Crippen molar-refractivity contribution < 1.29 is 4.79 Å². The maximum atomic E-state index is 11.6. The molecule has 1 heterocycles. The fourth-order valence-electron chi connectivity index (χ4n) is 2.15. The molecule has 0 saturated carbocycles. The largest absolute Gasteiger partial charge is 0.364 e.